The molecule has 2 heterocycles. The number of nitrogens with one attached hydrogen (secondary N) is 1. The van der Waals surface area contributed by atoms with Crippen LogP contribution in [0, 0.1) is 11.8 Å². The Morgan fingerprint density at radius 2 is 2.10 bits per heavy atom. The first-order valence-corrected chi connectivity index (χ1v) is 9.46. The second-order valence-electron chi connectivity index (χ2n) is 7.01. The predicted molar refractivity (Wildman–Crippen MR) is 84.7 cm³/mol. The fourth-order valence-corrected chi connectivity index (χ4v) is 5.28. The third-order valence-corrected chi connectivity index (χ3v) is 6.80. The highest BCUT2D eigenvalue weighted by Crippen LogP contribution is 2.37. The molecule has 3 atom stereocenters. The molecule has 1 aliphatic carbocycles. The zero-order valence-corrected chi connectivity index (χ0v) is 13.7. The van der Waals surface area contributed by atoms with Crippen LogP contribution < -0.4 is 5.32 Å². The average molecular weight is 296 g/mol. The van der Waals surface area contributed by atoms with E-state index >= 15 is 0 Å². The molecule has 3 aliphatic rings. The second-order valence-corrected chi connectivity index (χ2v) is 8.16. The maximum absolute atomic E-state index is 12.9. The lowest BCUT2D eigenvalue weighted by molar-refractivity contribution is -0.134. The van der Waals surface area contributed by atoms with Crippen LogP contribution in [0.4, 0.5) is 0 Å². The standard InChI is InChI=1S/C16H28N2OS/c1-3-16(2)15(19)18(10-12-8-9-20-11-12)14(17-16)13-6-4-5-7-13/h12-14,17H,3-11H2,1-2H3. The zero-order chi connectivity index (χ0) is 14.2. The number of rotatable bonds is 4. The molecule has 0 aromatic carbocycles. The van der Waals surface area contributed by atoms with Gasteiger partial charge in [-0.3, -0.25) is 10.1 Å². The largest absolute Gasteiger partial charge is 0.325 e. The number of nitrogens with zero attached hydrogens (tertiary/aromatic N) is 1. The lowest BCUT2D eigenvalue weighted by atomic mass is 9.99. The zero-order valence-electron chi connectivity index (χ0n) is 12.9. The summed E-state index contributed by atoms with van der Waals surface area (Å²) >= 11 is 2.05. The summed E-state index contributed by atoms with van der Waals surface area (Å²) in [6, 6.07) is 0. The Hall–Kier alpha value is -0.220. The van der Waals surface area contributed by atoms with Crippen molar-refractivity contribution in [2.45, 2.75) is 64.1 Å². The summed E-state index contributed by atoms with van der Waals surface area (Å²) in [5.41, 5.74) is -0.320. The molecule has 2 aliphatic heterocycles. The van der Waals surface area contributed by atoms with Gasteiger partial charge in [-0.1, -0.05) is 19.8 Å². The van der Waals surface area contributed by atoms with E-state index in [2.05, 4.69) is 24.1 Å². The summed E-state index contributed by atoms with van der Waals surface area (Å²) < 4.78 is 0. The van der Waals surface area contributed by atoms with Crippen molar-refractivity contribution >= 4 is 17.7 Å². The van der Waals surface area contributed by atoms with Gasteiger partial charge in [0.1, 0.15) is 0 Å². The third-order valence-electron chi connectivity index (χ3n) is 5.57. The summed E-state index contributed by atoms with van der Waals surface area (Å²) in [4.78, 5) is 15.1. The Morgan fingerprint density at radius 1 is 1.35 bits per heavy atom. The third kappa shape index (κ3) is 2.61. The Kier molecular flexibility index (Phi) is 4.32. The average Bonchev–Trinajstić information content (AvgIpc) is 3.16. The molecule has 2 saturated heterocycles. The summed E-state index contributed by atoms with van der Waals surface area (Å²) in [5.74, 6) is 4.27. The van der Waals surface area contributed by atoms with Gasteiger partial charge in [0.15, 0.2) is 0 Å². The number of amides is 1. The van der Waals surface area contributed by atoms with Gasteiger partial charge in [-0.2, -0.15) is 11.8 Å². The molecule has 4 heteroatoms. The normalized spacial score (nSPS) is 39.1. The maximum Gasteiger partial charge on any atom is 0.243 e. The van der Waals surface area contributed by atoms with Crippen molar-refractivity contribution in [1.29, 1.82) is 0 Å². The van der Waals surface area contributed by atoms with Crippen LogP contribution in [0.2, 0.25) is 0 Å². The van der Waals surface area contributed by atoms with Gasteiger partial charge >= 0.3 is 0 Å². The van der Waals surface area contributed by atoms with E-state index in [1.165, 1.54) is 43.6 Å². The minimum atomic E-state index is -0.320. The van der Waals surface area contributed by atoms with Gasteiger partial charge < -0.3 is 4.90 Å². The van der Waals surface area contributed by atoms with E-state index in [4.69, 9.17) is 0 Å². The van der Waals surface area contributed by atoms with Gasteiger partial charge in [-0.15, -0.1) is 0 Å². The molecule has 114 valence electrons. The molecule has 3 unspecified atom stereocenters. The van der Waals surface area contributed by atoms with E-state index < -0.39 is 0 Å². The molecule has 0 bridgehead atoms. The van der Waals surface area contributed by atoms with Gasteiger partial charge in [0, 0.05) is 6.54 Å². The van der Waals surface area contributed by atoms with E-state index in [1.54, 1.807) is 0 Å². The first kappa shape index (κ1) is 14.7. The summed E-state index contributed by atoms with van der Waals surface area (Å²) in [7, 11) is 0. The minimum absolute atomic E-state index is 0.306. The number of hydrogen-bond donors (Lipinski definition) is 1. The van der Waals surface area contributed by atoms with Gasteiger partial charge in [-0.25, -0.2) is 0 Å². The molecule has 3 fully saturated rings. The summed E-state index contributed by atoms with van der Waals surface area (Å²) in [6.45, 7) is 5.21. The fraction of sp³-hybridized carbons (Fsp3) is 0.938. The van der Waals surface area contributed by atoms with Crippen LogP contribution in [0.1, 0.15) is 52.4 Å². The van der Waals surface area contributed by atoms with Gasteiger partial charge in [0.05, 0.1) is 11.7 Å². The molecule has 0 spiro atoms. The molecule has 1 saturated carbocycles. The van der Waals surface area contributed by atoms with Crippen LogP contribution in [-0.4, -0.2) is 40.6 Å². The lowest BCUT2D eigenvalue weighted by Gasteiger charge is -2.30. The van der Waals surface area contributed by atoms with Gasteiger partial charge in [0.25, 0.3) is 0 Å². The van der Waals surface area contributed by atoms with E-state index in [1.807, 2.05) is 11.8 Å². The monoisotopic (exact) mass is 296 g/mol. The highest BCUT2D eigenvalue weighted by atomic mass is 32.2. The fourth-order valence-electron chi connectivity index (χ4n) is 4.01. The van der Waals surface area contributed by atoms with Gasteiger partial charge in [0.2, 0.25) is 5.91 Å². The molecule has 1 amide bonds. The quantitative estimate of drug-likeness (QED) is 0.866. The number of thioether (sulfide) groups is 1. The van der Waals surface area contributed by atoms with Crippen molar-refractivity contribution in [3.05, 3.63) is 0 Å². The van der Waals surface area contributed by atoms with Crippen LogP contribution in [0.3, 0.4) is 0 Å². The molecule has 1 N–H and O–H groups in total. The Balaban J connectivity index is 1.75. The van der Waals surface area contributed by atoms with Crippen LogP contribution >= 0.6 is 11.8 Å². The van der Waals surface area contributed by atoms with Crippen molar-refractivity contribution in [2.75, 3.05) is 18.1 Å². The van der Waals surface area contributed by atoms with Crippen LogP contribution in [0.5, 0.6) is 0 Å². The number of hydrogen-bond acceptors (Lipinski definition) is 3. The van der Waals surface area contributed by atoms with Crippen LogP contribution in [0.25, 0.3) is 0 Å². The van der Waals surface area contributed by atoms with E-state index in [-0.39, 0.29) is 5.54 Å². The van der Waals surface area contributed by atoms with Gasteiger partial charge in [-0.05, 0) is 55.9 Å². The lowest BCUT2D eigenvalue weighted by Crippen LogP contribution is -2.46. The van der Waals surface area contributed by atoms with Crippen molar-refractivity contribution in [2.24, 2.45) is 11.8 Å². The van der Waals surface area contributed by atoms with E-state index in [0.29, 0.717) is 23.9 Å². The van der Waals surface area contributed by atoms with Crippen LogP contribution in [-0.2, 0) is 4.79 Å². The smallest absolute Gasteiger partial charge is 0.243 e. The molecular formula is C16H28N2OS. The first-order chi connectivity index (χ1) is 9.64. The molecule has 0 aromatic heterocycles. The summed E-state index contributed by atoms with van der Waals surface area (Å²) in [5, 5.41) is 3.70. The maximum atomic E-state index is 12.9. The highest BCUT2D eigenvalue weighted by Gasteiger charge is 2.49. The van der Waals surface area contributed by atoms with Crippen molar-refractivity contribution < 1.29 is 4.79 Å². The highest BCUT2D eigenvalue weighted by molar-refractivity contribution is 7.99. The Morgan fingerprint density at radius 3 is 2.70 bits per heavy atom. The van der Waals surface area contributed by atoms with Crippen LogP contribution in [0.15, 0.2) is 0 Å². The number of carbonyl (C=O) groups excluding carboxylic acids is 1. The molecular weight excluding hydrogens is 268 g/mol. The first-order valence-electron chi connectivity index (χ1n) is 8.30. The Bertz CT molecular complexity index is 363. The van der Waals surface area contributed by atoms with Crippen molar-refractivity contribution in [3.8, 4) is 0 Å². The molecule has 3 rings (SSSR count). The second kappa shape index (κ2) is 5.88. The molecule has 0 radical (unpaired) electrons. The predicted octanol–water partition coefficient (Wildman–Crippen LogP) is 2.86. The molecule has 0 aromatic rings. The topological polar surface area (TPSA) is 32.3 Å². The van der Waals surface area contributed by atoms with Crippen molar-refractivity contribution in [3.63, 3.8) is 0 Å². The van der Waals surface area contributed by atoms with Crippen molar-refractivity contribution in [1.82, 2.24) is 10.2 Å². The molecule has 20 heavy (non-hydrogen) atoms. The molecule has 3 nitrogen and oxygen atoms in total. The summed E-state index contributed by atoms with van der Waals surface area (Å²) in [6.07, 6.45) is 7.75. The Labute approximate surface area is 127 Å². The minimum Gasteiger partial charge on any atom is -0.325 e. The SMILES string of the molecule is CCC1(C)NC(C2CCCC2)N(CC2CCSC2)C1=O. The number of carbonyl (C=O) groups is 1. The van der Waals surface area contributed by atoms with E-state index in [9.17, 15) is 4.79 Å². The van der Waals surface area contributed by atoms with E-state index in [0.717, 1.165) is 13.0 Å².